The van der Waals surface area contributed by atoms with Crippen LogP contribution >= 0.6 is 43.2 Å². The lowest BCUT2D eigenvalue weighted by molar-refractivity contribution is -0.118. The van der Waals surface area contributed by atoms with Crippen molar-refractivity contribution in [2.45, 2.75) is 28.4 Å². The Morgan fingerprint density at radius 2 is 2.04 bits per heavy atom. The summed E-state index contributed by atoms with van der Waals surface area (Å²) in [5, 5.41) is 2.03. The lowest BCUT2D eigenvalue weighted by Crippen LogP contribution is -2.40. The van der Waals surface area contributed by atoms with Gasteiger partial charge in [-0.15, -0.1) is 11.3 Å². The molecule has 2 unspecified atom stereocenters. The molecule has 1 heterocycles. The molecule has 5 heteroatoms. The fraction of sp³-hybridized carbons (Fsp3) is 0.316. The van der Waals surface area contributed by atoms with E-state index < -0.39 is 4.32 Å². The van der Waals surface area contributed by atoms with Gasteiger partial charge >= 0.3 is 0 Å². The Kier molecular flexibility index (Phi) is 5.63. The summed E-state index contributed by atoms with van der Waals surface area (Å²) in [6.45, 7) is 0. The van der Waals surface area contributed by atoms with Gasteiger partial charge in [-0.1, -0.05) is 50.1 Å². The highest BCUT2D eigenvalue weighted by atomic mass is 79.9. The van der Waals surface area contributed by atoms with Gasteiger partial charge in [-0.25, -0.2) is 0 Å². The molecule has 0 bridgehead atoms. The Morgan fingerprint density at radius 1 is 1.29 bits per heavy atom. The summed E-state index contributed by atoms with van der Waals surface area (Å²) in [6, 6.07) is 11.9. The monoisotopic (exact) mass is 468 g/mol. The maximum Gasteiger partial charge on any atom is 0.177 e. The predicted molar refractivity (Wildman–Crippen MR) is 107 cm³/mol. The van der Waals surface area contributed by atoms with E-state index in [1.165, 1.54) is 0 Å². The van der Waals surface area contributed by atoms with Crippen LogP contribution in [0, 0.1) is 0 Å². The summed E-state index contributed by atoms with van der Waals surface area (Å²) < 4.78 is 4.61. The van der Waals surface area contributed by atoms with Crippen LogP contribution in [0.1, 0.15) is 34.5 Å². The van der Waals surface area contributed by atoms with E-state index in [0.717, 1.165) is 41.0 Å². The first-order chi connectivity index (χ1) is 11.5. The van der Waals surface area contributed by atoms with Crippen molar-refractivity contribution >= 4 is 55.1 Å². The molecule has 126 valence electrons. The molecule has 1 aromatic carbocycles. The zero-order valence-electron chi connectivity index (χ0n) is 13.3. The third kappa shape index (κ3) is 3.53. The molecule has 0 N–H and O–H groups in total. The van der Waals surface area contributed by atoms with E-state index in [9.17, 15) is 4.79 Å². The molecule has 3 rings (SSSR count). The highest BCUT2D eigenvalue weighted by Crippen LogP contribution is 2.49. The number of ketones is 1. The standard InChI is InChI=1S/C19H18Br2O2S/c1-23-15-8-6-13(7-9-15)17(20)19(21)10-2-4-14(18(19)22)12-16-5-3-11-24-16/h3,5-9,11-12,17H,2,4,10H2,1H3. The van der Waals surface area contributed by atoms with Gasteiger partial charge in [0.25, 0.3) is 0 Å². The van der Waals surface area contributed by atoms with E-state index in [0.29, 0.717) is 0 Å². The van der Waals surface area contributed by atoms with Crippen molar-refractivity contribution in [3.05, 3.63) is 57.8 Å². The van der Waals surface area contributed by atoms with Crippen LogP contribution in [0.3, 0.4) is 0 Å². The van der Waals surface area contributed by atoms with Crippen molar-refractivity contribution in [3.8, 4) is 5.75 Å². The van der Waals surface area contributed by atoms with Gasteiger partial charge in [0.15, 0.2) is 5.78 Å². The molecule has 0 radical (unpaired) electrons. The van der Waals surface area contributed by atoms with E-state index in [1.807, 2.05) is 47.9 Å². The third-order valence-corrected chi connectivity index (χ3v) is 8.28. The molecule has 2 atom stereocenters. The number of hydrogen-bond acceptors (Lipinski definition) is 3. The Hall–Kier alpha value is -0.910. The van der Waals surface area contributed by atoms with Crippen molar-refractivity contribution in [2.24, 2.45) is 0 Å². The number of thiophene rings is 1. The van der Waals surface area contributed by atoms with E-state index in [-0.39, 0.29) is 10.6 Å². The first-order valence-electron chi connectivity index (χ1n) is 7.80. The molecule has 1 aromatic heterocycles. The summed E-state index contributed by atoms with van der Waals surface area (Å²) in [7, 11) is 1.65. The van der Waals surface area contributed by atoms with Crippen LogP contribution in [0.2, 0.25) is 0 Å². The molecule has 0 spiro atoms. The van der Waals surface area contributed by atoms with Crippen molar-refractivity contribution in [1.29, 1.82) is 0 Å². The first kappa shape index (κ1) is 17.9. The second-order valence-electron chi connectivity index (χ2n) is 5.87. The normalized spacial score (nSPS) is 24.1. The number of carbonyl (C=O) groups excluding carboxylic acids is 1. The van der Waals surface area contributed by atoms with E-state index in [1.54, 1.807) is 18.4 Å². The largest absolute Gasteiger partial charge is 0.497 e. The predicted octanol–water partition coefficient (Wildman–Crippen LogP) is 6.16. The number of alkyl halides is 2. The van der Waals surface area contributed by atoms with E-state index in [2.05, 4.69) is 31.9 Å². The Morgan fingerprint density at radius 3 is 2.67 bits per heavy atom. The number of methoxy groups -OCH3 is 1. The molecular formula is C19H18Br2O2S. The highest BCUT2D eigenvalue weighted by molar-refractivity contribution is 9.12. The lowest BCUT2D eigenvalue weighted by atomic mass is 9.80. The first-order valence-corrected chi connectivity index (χ1v) is 10.4. The minimum atomic E-state index is -0.608. The number of halogens is 2. The Labute approximate surface area is 163 Å². The number of rotatable bonds is 4. The summed E-state index contributed by atoms with van der Waals surface area (Å²) in [6.07, 6.45) is 4.68. The number of hydrogen-bond donors (Lipinski definition) is 0. The molecular weight excluding hydrogens is 452 g/mol. The molecule has 24 heavy (non-hydrogen) atoms. The molecule has 1 saturated carbocycles. The quantitative estimate of drug-likeness (QED) is 0.395. The molecule has 0 aliphatic heterocycles. The summed E-state index contributed by atoms with van der Waals surface area (Å²) in [5.41, 5.74) is 1.97. The second kappa shape index (κ2) is 7.54. The topological polar surface area (TPSA) is 26.3 Å². The maximum atomic E-state index is 13.1. The molecule has 1 aliphatic carbocycles. The van der Waals surface area contributed by atoms with Gasteiger partial charge < -0.3 is 4.74 Å². The van der Waals surface area contributed by atoms with Crippen LogP contribution in [0.25, 0.3) is 6.08 Å². The van der Waals surface area contributed by atoms with Gasteiger partial charge in [0.1, 0.15) is 10.1 Å². The van der Waals surface area contributed by atoms with Gasteiger partial charge in [-0.05, 0) is 60.1 Å². The zero-order chi connectivity index (χ0) is 17.2. The summed E-state index contributed by atoms with van der Waals surface area (Å²) >= 11 is 9.20. The smallest absolute Gasteiger partial charge is 0.177 e. The van der Waals surface area contributed by atoms with Gasteiger partial charge in [-0.3, -0.25) is 4.79 Å². The van der Waals surface area contributed by atoms with Crippen molar-refractivity contribution in [1.82, 2.24) is 0 Å². The van der Waals surface area contributed by atoms with Crippen molar-refractivity contribution < 1.29 is 9.53 Å². The van der Waals surface area contributed by atoms with E-state index >= 15 is 0 Å². The van der Waals surface area contributed by atoms with Crippen molar-refractivity contribution in [2.75, 3.05) is 7.11 Å². The van der Waals surface area contributed by atoms with Gasteiger partial charge in [0.05, 0.1) is 11.9 Å². The van der Waals surface area contributed by atoms with Crippen LogP contribution in [0.15, 0.2) is 47.4 Å². The van der Waals surface area contributed by atoms with Crippen LogP contribution < -0.4 is 4.74 Å². The van der Waals surface area contributed by atoms with Gasteiger partial charge in [0.2, 0.25) is 0 Å². The average Bonchev–Trinajstić information content (AvgIpc) is 3.11. The number of benzene rings is 1. The maximum absolute atomic E-state index is 13.1. The van der Waals surface area contributed by atoms with Crippen LogP contribution in [0.4, 0.5) is 0 Å². The van der Waals surface area contributed by atoms with Gasteiger partial charge in [-0.2, -0.15) is 0 Å². The highest BCUT2D eigenvalue weighted by Gasteiger charge is 2.46. The molecule has 2 aromatic rings. The summed E-state index contributed by atoms with van der Waals surface area (Å²) in [5.74, 6) is 0.996. The van der Waals surface area contributed by atoms with Crippen LogP contribution in [0.5, 0.6) is 5.75 Å². The minimum Gasteiger partial charge on any atom is -0.497 e. The van der Waals surface area contributed by atoms with Crippen LogP contribution in [-0.2, 0) is 4.79 Å². The number of Topliss-reactive ketones (excluding diaryl/α,β-unsaturated/α-hetero) is 1. The lowest BCUT2D eigenvalue weighted by Gasteiger charge is -2.36. The second-order valence-corrected chi connectivity index (χ2v) is 9.18. The fourth-order valence-corrected chi connectivity index (χ4v) is 5.21. The van der Waals surface area contributed by atoms with Gasteiger partial charge in [0, 0.05) is 4.88 Å². The van der Waals surface area contributed by atoms with Crippen molar-refractivity contribution in [3.63, 3.8) is 0 Å². The number of allylic oxidation sites excluding steroid dienone is 1. The Bertz CT molecular complexity index is 737. The number of ether oxygens (including phenoxy) is 1. The molecule has 0 saturated heterocycles. The molecule has 1 aliphatic rings. The Balaban J connectivity index is 1.88. The minimum absolute atomic E-state index is 0.0876. The third-order valence-electron chi connectivity index (χ3n) is 4.33. The molecule has 2 nitrogen and oxygen atoms in total. The molecule has 1 fully saturated rings. The zero-order valence-corrected chi connectivity index (χ0v) is 17.3. The fourth-order valence-electron chi connectivity index (χ4n) is 2.99. The SMILES string of the molecule is COc1ccc(C(Br)C2(Br)CCCC(=Cc3cccs3)C2=O)cc1. The summed E-state index contributed by atoms with van der Waals surface area (Å²) in [4.78, 5) is 14.2. The van der Waals surface area contributed by atoms with Crippen LogP contribution in [-0.4, -0.2) is 17.2 Å². The van der Waals surface area contributed by atoms with E-state index in [4.69, 9.17) is 4.74 Å². The molecule has 0 amide bonds. The average molecular weight is 470 g/mol. The number of carbonyl (C=O) groups is 1.